The van der Waals surface area contributed by atoms with Crippen molar-refractivity contribution in [3.8, 4) is 11.4 Å². The van der Waals surface area contributed by atoms with Crippen LogP contribution in [0.4, 0.5) is 0 Å². The molecule has 1 aliphatic rings. The maximum Gasteiger partial charge on any atom is 0.223 e. The van der Waals surface area contributed by atoms with E-state index in [1.54, 1.807) is 12.1 Å². The average Bonchev–Trinajstić information content (AvgIpc) is 3.31. The van der Waals surface area contributed by atoms with Gasteiger partial charge in [-0.2, -0.15) is 0 Å². The Morgan fingerprint density at radius 2 is 1.48 bits per heavy atom. The summed E-state index contributed by atoms with van der Waals surface area (Å²) in [6, 6.07) is 19.4. The Morgan fingerprint density at radius 3 is 2.19 bits per heavy atom. The number of Topliss-reactive ketones (excluding diaryl/α,β-unsaturated/α-hetero) is 1. The molecule has 0 aliphatic carbocycles. The second-order valence-corrected chi connectivity index (χ2v) is 7.82. The number of piperazine rings is 1. The summed E-state index contributed by atoms with van der Waals surface area (Å²) in [5.74, 6) is 1.09. The smallest absolute Gasteiger partial charge is 0.223 e. The number of aromatic nitrogens is 2. The lowest BCUT2D eigenvalue weighted by Crippen LogP contribution is -2.49. The summed E-state index contributed by atoms with van der Waals surface area (Å²) in [6.45, 7) is 4.93. The number of hydrogen-bond acceptors (Lipinski definition) is 4. The number of benzene rings is 2. The molecule has 1 saturated heterocycles. The van der Waals surface area contributed by atoms with Crippen molar-refractivity contribution in [1.29, 1.82) is 0 Å². The van der Waals surface area contributed by atoms with Crippen molar-refractivity contribution in [2.24, 2.45) is 0 Å². The fraction of sp³-hybridized carbons (Fsp3) is 0.320. The Morgan fingerprint density at radius 1 is 0.806 bits per heavy atom. The third-order valence-corrected chi connectivity index (χ3v) is 5.79. The highest BCUT2D eigenvalue weighted by Crippen LogP contribution is 2.17. The Labute approximate surface area is 183 Å². The summed E-state index contributed by atoms with van der Waals surface area (Å²) in [5, 5.41) is 0. The van der Waals surface area contributed by atoms with Crippen LogP contribution in [-0.4, -0.2) is 63.8 Å². The first-order valence-corrected chi connectivity index (χ1v) is 10.9. The van der Waals surface area contributed by atoms with E-state index in [9.17, 15) is 9.59 Å². The minimum Gasteiger partial charge on any atom is -0.340 e. The predicted molar refractivity (Wildman–Crippen MR) is 121 cm³/mol. The Bertz CT molecular complexity index is 993. The van der Waals surface area contributed by atoms with Gasteiger partial charge in [-0.1, -0.05) is 60.7 Å². The molecule has 3 aromatic rings. The molecule has 160 valence electrons. The van der Waals surface area contributed by atoms with Crippen molar-refractivity contribution in [2.45, 2.75) is 19.4 Å². The zero-order valence-corrected chi connectivity index (χ0v) is 17.7. The van der Waals surface area contributed by atoms with E-state index in [1.165, 1.54) is 0 Å². The molecule has 0 bridgehead atoms. The molecule has 2 heterocycles. The second kappa shape index (κ2) is 10.2. The number of ketones is 1. The quantitative estimate of drug-likeness (QED) is 0.529. The minimum atomic E-state index is 0.0298. The number of nitrogens with zero attached hydrogens (tertiary/aromatic N) is 4. The number of carbonyl (C=O) groups excluding carboxylic acids is 2. The van der Waals surface area contributed by atoms with Gasteiger partial charge in [0.2, 0.25) is 5.91 Å². The maximum absolute atomic E-state index is 12.5. The summed E-state index contributed by atoms with van der Waals surface area (Å²) in [5.41, 5.74) is 1.79. The van der Waals surface area contributed by atoms with Crippen molar-refractivity contribution < 1.29 is 9.59 Å². The third-order valence-electron chi connectivity index (χ3n) is 5.79. The summed E-state index contributed by atoms with van der Waals surface area (Å²) >= 11 is 0. The molecule has 0 N–H and O–H groups in total. The number of amides is 1. The first-order chi connectivity index (χ1) is 15.2. The zero-order chi connectivity index (χ0) is 21.5. The highest BCUT2D eigenvalue weighted by molar-refractivity contribution is 5.97. The van der Waals surface area contributed by atoms with E-state index in [0.717, 1.165) is 37.6 Å². The van der Waals surface area contributed by atoms with Gasteiger partial charge in [0.15, 0.2) is 5.78 Å². The van der Waals surface area contributed by atoms with Crippen molar-refractivity contribution in [1.82, 2.24) is 19.4 Å². The molecule has 2 aromatic carbocycles. The average molecular weight is 417 g/mol. The first kappa shape index (κ1) is 21.0. The highest BCUT2D eigenvalue weighted by atomic mass is 16.2. The monoisotopic (exact) mass is 416 g/mol. The molecule has 0 saturated carbocycles. The van der Waals surface area contributed by atoms with Crippen molar-refractivity contribution in [2.75, 3.05) is 32.7 Å². The van der Waals surface area contributed by atoms with Crippen LogP contribution in [0.3, 0.4) is 0 Å². The molecule has 1 aromatic heterocycles. The molecule has 6 heteroatoms. The van der Waals surface area contributed by atoms with Crippen LogP contribution in [0.1, 0.15) is 23.2 Å². The highest BCUT2D eigenvalue weighted by Gasteiger charge is 2.21. The number of hydrogen-bond donors (Lipinski definition) is 0. The molecular formula is C25H28N4O2. The van der Waals surface area contributed by atoms with Crippen molar-refractivity contribution >= 4 is 11.7 Å². The van der Waals surface area contributed by atoms with E-state index in [-0.39, 0.29) is 24.5 Å². The van der Waals surface area contributed by atoms with Crippen LogP contribution in [0, 0.1) is 0 Å². The Hall–Kier alpha value is -3.25. The molecule has 6 nitrogen and oxygen atoms in total. The van der Waals surface area contributed by atoms with E-state index in [1.807, 2.05) is 53.7 Å². The largest absolute Gasteiger partial charge is 0.340 e. The van der Waals surface area contributed by atoms with Crippen LogP contribution in [0.5, 0.6) is 0 Å². The molecule has 1 aliphatic heterocycles. The SMILES string of the molecule is O=C(CCC(=O)N1CCN(CCn2ccnc2-c2ccccc2)CC1)c1ccccc1. The third kappa shape index (κ3) is 5.47. The van der Waals surface area contributed by atoms with Gasteiger partial charge in [-0.15, -0.1) is 0 Å². The van der Waals surface area contributed by atoms with E-state index >= 15 is 0 Å². The molecule has 4 rings (SSSR count). The fourth-order valence-corrected chi connectivity index (χ4v) is 3.95. The molecular weight excluding hydrogens is 388 g/mol. The standard InChI is InChI=1S/C25H28N4O2/c30-23(21-7-3-1-4-8-21)11-12-24(31)28-18-15-27(16-19-28)17-20-29-14-13-26-25(29)22-9-5-2-6-10-22/h1-10,13-14H,11-12,15-20H2. The molecule has 31 heavy (non-hydrogen) atoms. The number of rotatable bonds is 8. The molecule has 0 spiro atoms. The van der Waals surface area contributed by atoms with Crippen LogP contribution in [-0.2, 0) is 11.3 Å². The van der Waals surface area contributed by atoms with Crippen molar-refractivity contribution in [3.63, 3.8) is 0 Å². The van der Waals surface area contributed by atoms with Crippen LogP contribution in [0.25, 0.3) is 11.4 Å². The molecule has 1 amide bonds. The van der Waals surface area contributed by atoms with Gasteiger partial charge < -0.3 is 9.47 Å². The summed E-state index contributed by atoms with van der Waals surface area (Å²) < 4.78 is 2.18. The van der Waals surface area contributed by atoms with Crippen LogP contribution < -0.4 is 0 Å². The van der Waals surface area contributed by atoms with Gasteiger partial charge in [-0.05, 0) is 0 Å². The lowest BCUT2D eigenvalue weighted by atomic mass is 10.1. The molecule has 0 atom stereocenters. The van der Waals surface area contributed by atoms with Gasteiger partial charge in [-0.25, -0.2) is 4.98 Å². The lowest BCUT2D eigenvalue weighted by Gasteiger charge is -2.35. The van der Waals surface area contributed by atoms with Crippen LogP contribution >= 0.6 is 0 Å². The fourth-order valence-electron chi connectivity index (χ4n) is 3.95. The molecule has 0 radical (unpaired) electrons. The van der Waals surface area contributed by atoms with E-state index < -0.39 is 0 Å². The van der Waals surface area contributed by atoms with E-state index in [2.05, 4.69) is 26.6 Å². The molecule has 1 fully saturated rings. The van der Waals surface area contributed by atoms with Gasteiger partial charge in [-0.3, -0.25) is 14.5 Å². The van der Waals surface area contributed by atoms with Gasteiger partial charge in [0.05, 0.1) is 0 Å². The lowest BCUT2D eigenvalue weighted by molar-refractivity contribution is -0.132. The van der Waals surface area contributed by atoms with Gasteiger partial charge in [0, 0.05) is 75.6 Å². The summed E-state index contributed by atoms with van der Waals surface area (Å²) in [4.78, 5) is 33.5. The normalized spacial score (nSPS) is 14.5. The Kier molecular flexibility index (Phi) is 6.89. The second-order valence-electron chi connectivity index (χ2n) is 7.82. The number of carbonyl (C=O) groups is 2. The van der Waals surface area contributed by atoms with Crippen LogP contribution in [0.2, 0.25) is 0 Å². The summed E-state index contributed by atoms with van der Waals surface area (Å²) in [7, 11) is 0. The Balaban J connectivity index is 1.21. The minimum absolute atomic E-state index is 0.0298. The van der Waals surface area contributed by atoms with Gasteiger partial charge >= 0.3 is 0 Å². The predicted octanol–water partition coefficient (Wildman–Crippen LogP) is 3.36. The zero-order valence-electron chi connectivity index (χ0n) is 17.7. The first-order valence-electron chi connectivity index (χ1n) is 10.9. The van der Waals surface area contributed by atoms with Gasteiger partial charge in [0.25, 0.3) is 0 Å². The van der Waals surface area contributed by atoms with E-state index in [4.69, 9.17) is 0 Å². The van der Waals surface area contributed by atoms with E-state index in [0.29, 0.717) is 18.7 Å². The summed E-state index contributed by atoms with van der Waals surface area (Å²) in [6.07, 6.45) is 4.41. The number of imidazole rings is 1. The maximum atomic E-state index is 12.5. The topological polar surface area (TPSA) is 58.4 Å². The van der Waals surface area contributed by atoms with Crippen LogP contribution in [0.15, 0.2) is 73.1 Å². The molecule has 0 unspecified atom stereocenters. The van der Waals surface area contributed by atoms with Gasteiger partial charge in [0.1, 0.15) is 5.82 Å². The van der Waals surface area contributed by atoms with Crippen molar-refractivity contribution in [3.05, 3.63) is 78.6 Å².